The van der Waals surface area contributed by atoms with Crippen LogP contribution in [0.3, 0.4) is 0 Å². The Balaban J connectivity index is 2.31. The van der Waals surface area contributed by atoms with E-state index < -0.39 is 0 Å². The number of esters is 1. The molecule has 74 valence electrons. The van der Waals surface area contributed by atoms with Crippen LogP contribution in [0.25, 0.3) is 0 Å². The molecule has 0 aliphatic carbocycles. The monoisotopic (exact) mass is 190 g/mol. The summed E-state index contributed by atoms with van der Waals surface area (Å²) in [4.78, 5) is 11.6. The SMILES string of the molecule is CC(C)C1Cc2ccccc2OC1=O. The molecule has 14 heavy (non-hydrogen) atoms. The van der Waals surface area contributed by atoms with E-state index in [9.17, 15) is 4.79 Å². The Morgan fingerprint density at radius 2 is 2.07 bits per heavy atom. The smallest absolute Gasteiger partial charge is 0.314 e. The third kappa shape index (κ3) is 1.52. The maximum Gasteiger partial charge on any atom is 0.314 e. The van der Waals surface area contributed by atoms with Crippen LogP contribution in [0.2, 0.25) is 0 Å². The summed E-state index contributed by atoms with van der Waals surface area (Å²) in [7, 11) is 0. The van der Waals surface area contributed by atoms with Crippen molar-refractivity contribution in [1.29, 1.82) is 0 Å². The summed E-state index contributed by atoms with van der Waals surface area (Å²) in [6.45, 7) is 4.11. The number of carbonyl (C=O) groups is 1. The number of hydrogen-bond donors (Lipinski definition) is 0. The molecule has 0 aromatic heterocycles. The van der Waals surface area contributed by atoms with Gasteiger partial charge in [0, 0.05) is 0 Å². The van der Waals surface area contributed by atoms with Gasteiger partial charge >= 0.3 is 5.97 Å². The molecule has 0 saturated heterocycles. The molecule has 0 saturated carbocycles. The van der Waals surface area contributed by atoms with Gasteiger partial charge in [0.15, 0.2) is 0 Å². The van der Waals surface area contributed by atoms with Gasteiger partial charge in [-0.2, -0.15) is 0 Å². The van der Waals surface area contributed by atoms with Crippen molar-refractivity contribution in [3.63, 3.8) is 0 Å². The Hall–Kier alpha value is -1.31. The summed E-state index contributed by atoms with van der Waals surface area (Å²) in [6, 6.07) is 7.75. The van der Waals surface area contributed by atoms with Crippen molar-refractivity contribution in [2.24, 2.45) is 11.8 Å². The van der Waals surface area contributed by atoms with Crippen LogP contribution in [-0.4, -0.2) is 5.97 Å². The number of ether oxygens (including phenoxy) is 1. The number of hydrogen-bond acceptors (Lipinski definition) is 2. The van der Waals surface area contributed by atoms with Crippen LogP contribution in [0.1, 0.15) is 19.4 Å². The van der Waals surface area contributed by atoms with Gasteiger partial charge in [-0.05, 0) is 24.0 Å². The van der Waals surface area contributed by atoms with E-state index in [2.05, 4.69) is 13.8 Å². The Morgan fingerprint density at radius 3 is 2.79 bits per heavy atom. The van der Waals surface area contributed by atoms with Crippen LogP contribution in [0.15, 0.2) is 24.3 Å². The van der Waals surface area contributed by atoms with Crippen molar-refractivity contribution in [3.8, 4) is 5.75 Å². The number of fused-ring (bicyclic) bond motifs is 1. The number of carbonyl (C=O) groups excluding carboxylic acids is 1. The van der Waals surface area contributed by atoms with E-state index in [1.807, 2.05) is 24.3 Å². The van der Waals surface area contributed by atoms with Crippen molar-refractivity contribution in [3.05, 3.63) is 29.8 Å². The molecule has 1 heterocycles. The fourth-order valence-electron chi connectivity index (χ4n) is 1.78. The first kappa shape index (κ1) is 9.25. The second-order valence-corrected chi connectivity index (χ2v) is 4.08. The van der Waals surface area contributed by atoms with Gasteiger partial charge in [0.05, 0.1) is 5.92 Å². The highest BCUT2D eigenvalue weighted by Gasteiger charge is 2.30. The molecule has 0 spiro atoms. The lowest BCUT2D eigenvalue weighted by atomic mass is 9.87. The lowest BCUT2D eigenvalue weighted by molar-refractivity contribution is -0.141. The lowest BCUT2D eigenvalue weighted by Gasteiger charge is -2.25. The highest BCUT2D eigenvalue weighted by Crippen LogP contribution is 2.30. The van der Waals surface area contributed by atoms with Crippen LogP contribution in [0.4, 0.5) is 0 Å². The summed E-state index contributed by atoms with van der Waals surface area (Å²) in [5.41, 5.74) is 1.14. The summed E-state index contributed by atoms with van der Waals surface area (Å²) < 4.78 is 5.27. The lowest BCUT2D eigenvalue weighted by Crippen LogP contribution is -2.31. The number of para-hydroxylation sites is 1. The van der Waals surface area contributed by atoms with Gasteiger partial charge in [0.2, 0.25) is 0 Å². The van der Waals surface area contributed by atoms with Crippen LogP contribution in [0.5, 0.6) is 5.75 Å². The zero-order chi connectivity index (χ0) is 10.1. The first-order valence-electron chi connectivity index (χ1n) is 4.98. The molecule has 1 unspecified atom stereocenters. The van der Waals surface area contributed by atoms with Crippen LogP contribution >= 0.6 is 0 Å². The molecular formula is C12H14O2. The van der Waals surface area contributed by atoms with Gasteiger partial charge in [-0.1, -0.05) is 32.0 Å². The molecule has 0 radical (unpaired) electrons. The highest BCUT2D eigenvalue weighted by molar-refractivity contribution is 5.78. The topological polar surface area (TPSA) is 26.3 Å². The van der Waals surface area contributed by atoms with E-state index in [1.165, 1.54) is 0 Å². The molecule has 0 bridgehead atoms. The third-order valence-corrected chi connectivity index (χ3v) is 2.73. The van der Waals surface area contributed by atoms with E-state index in [4.69, 9.17) is 4.74 Å². The van der Waals surface area contributed by atoms with E-state index in [0.29, 0.717) is 5.92 Å². The van der Waals surface area contributed by atoms with Gasteiger partial charge in [-0.3, -0.25) is 4.79 Å². The first-order valence-corrected chi connectivity index (χ1v) is 4.98. The molecule has 1 atom stereocenters. The molecule has 1 aliphatic rings. The normalized spacial score (nSPS) is 20.5. The van der Waals surface area contributed by atoms with Crippen LogP contribution < -0.4 is 4.74 Å². The van der Waals surface area contributed by atoms with Crippen molar-refractivity contribution in [1.82, 2.24) is 0 Å². The Morgan fingerprint density at radius 1 is 1.36 bits per heavy atom. The summed E-state index contributed by atoms with van der Waals surface area (Å²) >= 11 is 0. The summed E-state index contributed by atoms with van der Waals surface area (Å²) in [6.07, 6.45) is 0.812. The predicted octanol–water partition coefficient (Wildman–Crippen LogP) is 2.42. The van der Waals surface area contributed by atoms with Crippen molar-refractivity contribution in [2.45, 2.75) is 20.3 Å². The largest absolute Gasteiger partial charge is 0.426 e. The molecule has 2 nitrogen and oxygen atoms in total. The predicted molar refractivity (Wildman–Crippen MR) is 54.1 cm³/mol. The quantitative estimate of drug-likeness (QED) is 0.502. The van der Waals surface area contributed by atoms with Gasteiger partial charge in [0.1, 0.15) is 5.75 Å². The minimum Gasteiger partial charge on any atom is -0.426 e. The van der Waals surface area contributed by atoms with Crippen LogP contribution in [0, 0.1) is 11.8 Å². The first-order chi connectivity index (χ1) is 6.68. The molecule has 1 aromatic carbocycles. The minimum atomic E-state index is -0.0845. The fraction of sp³-hybridized carbons (Fsp3) is 0.417. The Labute approximate surface area is 83.9 Å². The molecule has 2 rings (SSSR count). The fourth-order valence-corrected chi connectivity index (χ4v) is 1.78. The summed E-state index contributed by atoms with van der Waals surface area (Å²) in [5, 5.41) is 0. The standard InChI is InChI=1S/C12H14O2/c1-8(2)10-7-9-5-3-4-6-11(9)14-12(10)13/h3-6,8,10H,7H2,1-2H3. The molecule has 0 amide bonds. The Kier molecular flexibility index (Phi) is 2.28. The summed E-state index contributed by atoms with van der Waals surface area (Å²) in [5.74, 6) is 1.01. The molecule has 1 aliphatic heterocycles. The van der Waals surface area contributed by atoms with Crippen LogP contribution in [-0.2, 0) is 11.2 Å². The Bertz CT molecular complexity index is 355. The van der Waals surface area contributed by atoms with E-state index in [1.54, 1.807) is 0 Å². The van der Waals surface area contributed by atoms with Crippen molar-refractivity contribution >= 4 is 5.97 Å². The zero-order valence-corrected chi connectivity index (χ0v) is 8.49. The molecule has 0 fully saturated rings. The van der Waals surface area contributed by atoms with E-state index >= 15 is 0 Å². The van der Waals surface area contributed by atoms with Gasteiger partial charge in [-0.15, -0.1) is 0 Å². The number of rotatable bonds is 1. The third-order valence-electron chi connectivity index (χ3n) is 2.73. The molecule has 0 N–H and O–H groups in total. The van der Waals surface area contributed by atoms with Gasteiger partial charge < -0.3 is 4.74 Å². The minimum absolute atomic E-state index is 0.0184. The van der Waals surface area contributed by atoms with E-state index in [0.717, 1.165) is 17.7 Å². The molecule has 2 heteroatoms. The van der Waals surface area contributed by atoms with E-state index in [-0.39, 0.29) is 11.9 Å². The molecule has 1 aromatic rings. The second kappa shape index (κ2) is 3.45. The maximum absolute atomic E-state index is 11.6. The second-order valence-electron chi connectivity index (χ2n) is 4.08. The maximum atomic E-state index is 11.6. The van der Waals surface area contributed by atoms with Crippen molar-refractivity contribution in [2.75, 3.05) is 0 Å². The average Bonchev–Trinajstić information content (AvgIpc) is 2.16. The van der Waals surface area contributed by atoms with Crippen molar-refractivity contribution < 1.29 is 9.53 Å². The van der Waals surface area contributed by atoms with Gasteiger partial charge in [0.25, 0.3) is 0 Å². The number of benzene rings is 1. The zero-order valence-electron chi connectivity index (χ0n) is 8.49. The molecular weight excluding hydrogens is 176 g/mol. The average molecular weight is 190 g/mol. The van der Waals surface area contributed by atoms with Gasteiger partial charge in [-0.25, -0.2) is 0 Å². The highest BCUT2D eigenvalue weighted by atomic mass is 16.5.